The van der Waals surface area contributed by atoms with E-state index in [1.54, 1.807) is 11.3 Å². The van der Waals surface area contributed by atoms with Gasteiger partial charge in [-0.05, 0) is 44.9 Å². The van der Waals surface area contributed by atoms with Crippen LogP contribution in [0, 0.1) is 0 Å². The summed E-state index contributed by atoms with van der Waals surface area (Å²) in [5.41, 5.74) is 6.74. The number of ether oxygens (including phenoxy) is 1. The SMILES string of the molecule is NC1CCOC(C2CCCCN2C(=O)c2csc(C3CC3)n2)C1. The number of nitrogens with zero attached hydrogens (tertiary/aromatic N) is 2. The van der Waals surface area contributed by atoms with Gasteiger partial charge >= 0.3 is 0 Å². The molecule has 1 aliphatic carbocycles. The molecule has 6 heteroatoms. The number of piperidine rings is 1. The molecule has 1 amide bonds. The minimum atomic E-state index is 0.0839. The largest absolute Gasteiger partial charge is 0.376 e. The summed E-state index contributed by atoms with van der Waals surface area (Å²) in [4.78, 5) is 19.6. The Morgan fingerprint density at radius 2 is 2.17 bits per heavy atom. The number of hydrogen-bond acceptors (Lipinski definition) is 5. The predicted octanol–water partition coefficient (Wildman–Crippen LogP) is 2.52. The van der Waals surface area contributed by atoms with Gasteiger partial charge in [-0.15, -0.1) is 11.3 Å². The zero-order valence-electron chi connectivity index (χ0n) is 13.4. The molecule has 5 nitrogen and oxygen atoms in total. The molecule has 1 aromatic heterocycles. The Labute approximate surface area is 141 Å². The van der Waals surface area contributed by atoms with Crippen molar-refractivity contribution >= 4 is 17.2 Å². The molecule has 1 saturated carbocycles. The van der Waals surface area contributed by atoms with Crippen molar-refractivity contribution in [1.82, 2.24) is 9.88 Å². The lowest BCUT2D eigenvalue weighted by atomic mass is 9.91. The number of aromatic nitrogens is 1. The highest BCUT2D eigenvalue weighted by molar-refractivity contribution is 7.10. The van der Waals surface area contributed by atoms with Gasteiger partial charge in [0.2, 0.25) is 0 Å². The summed E-state index contributed by atoms with van der Waals surface area (Å²) in [5.74, 6) is 0.693. The molecule has 3 fully saturated rings. The number of carbonyl (C=O) groups is 1. The number of thiazole rings is 1. The Hall–Kier alpha value is -0.980. The summed E-state index contributed by atoms with van der Waals surface area (Å²) in [6.07, 6.45) is 7.57. The van der Waals surface area contributed by atoms with Gasteiger partial charge in [0, 0.05) is 30.5 Å². The van der Waals surface area contributed by atoms with Crippen LogP contribution in [0.15, 0.2) is 5.38 Å². The van der Waals surface area contributed by atoms with Crippen LogP contribution in [0.25, 0.3) is 0 Å². The highest BCUT2D eigenvalue weighted by atomic mass is 32.1. The quantitative estimate of drug-likeness (QED) is 0.921. The monoisotopic (exact) mass is 335 g/mol. The van der Waals surface area contributed by atoms with E-state index < -0.39 is 0 Å². The third kappa shape index (κ3) is 3.30. The van der Waals surface area contributed by atoms with E-state index in [-0.39, 0.29) is 24.1 Å². The fourth-order valence-corrected chi connectivity index (χ4v) is 4.74. The lowest BCUT2D eigenvalue weighted by Crippen LogP contribution is -2.53. The van der Waals surface area contributed by atoms with Crippen LogP contribution >= 0.6 is 11.3 Å². The van der Waals surface area contributed by atoms with Gasteiger partial charge < -0.3 is 15.4 Å². The third-order valence-corrected chi connectivity index (χ3v) is 6.27. The van der Waals surface area contributed by atoms with E-state index in [9.17, 15) is 4.79 Å². The van der Waals surface area contributed by atoms with E-state index in [1.165, 1.54) is 12.8 Å². The number of rotatable bonds is 3. The molecule has 0 aromatic carbocycles. The van der Waals surface area contributed by atoms with Gasteiger partial charge in [0.1, 0.15) is 5.69 Å². The van der Waals surface area contributed by atoms with E-state index in [1.807, 2.05) is 10.3 Å². The molecule has 0 bridgehead atoms. The number of nitrogens with two attached hydrogens (primary N) is 1. The molecule has 23 heavy (non-hydrogen) atoms. The Morgan fingerprint density at radius 3 is 2.96 bits per heavy atom. The van der Waals surface area contributed by atoms with E-state index in [4.69, 9.17) is 10.5 Å². The van der Waals surface area contributed by atoms with E-state index in [0.29, 0.717) is 18.2 Å². The maximum Gasteiger partial charge on any atom is 0.273 e. The van der Waals surface area contributed by atoms with Gasteiger partial charge in [0.25, 0.3) is 5.91 Å². The first-order valence-electron chi connectivity index (χ1n) is 8.86. The van der Waals surface area contributed by atoms with Crippen molar-refractivity contribution in [1.29, 1.82) is 0 Å². The highest BCUT2D eigenvalue weighted by Crippen LogP contribution is 2.41. The molecule has 0 spiro atoms. The van der Waals surface area contributed by atoms with Crippen LogP contribution < -0.4 is 5.73 Å². The van der Waals surface area contributed by atoms with E-state index >= 15 is 0 Å². The van der Waals surface area contributed by atoms with Gasteiger partial charge in [0.15, 0.2) is 0 Å². The molecule has 1 aromatic rings. The standard InChI is InChI=1S/C17H25N3O2S/c18-12-6-8-22-15(9-12)14-3-1-2-7-20(14)17(21)13-10-23-16(19-13)11-4-5-11/h10-12,14-15H,1-9,18H2. The molecule has 3 heterocycles. The van der Waals surface area contributed by atoms with Crippen LogP contribution in [0.5, 0.6) is 0 Å². The van der Waals surface area contributed by atoms with E-state index in [0.717, 1.165) is 43.7 Å². The van der Waals surface area contributed by atoms with Gasteiger partial charge in [-0.3, -0.25) is 4.79 Å². The second-order valence-corrected chi connectivity index (χ2v) is 7.99. The first-order chi connectivity index (χ1) is 11.2. The molecular weight excluding hydrogens is 310 g/mol. The molecule has 2 aliphatic heterocycles. The highest BCUT2D eigenvalue weighted by Gasteiger charge is 2.37. The van der Waals surface area contributed by atoms with Crippen LogP contribution in [0.3, 0.4) is 0 Å². The minimum absolute atomic E-state index is 0.0839. The maximum atomic E-state index is 13.0. The number of hydrogen-bond donors (Lipinski definition) is 1. The molecule has 126 valence electrons. The van der Waals surface area contributed by atoms with Crippen molar-refractivity contribution < 1.29 is 9.53 Å². The van der Waals surface area contributed by atoms with Crippen molar-refractivity contribution in [2.45, 2.75) is 69.1 Å². The van der Waals surface area contributed by atoms with Crippen molar-refractivity contribution in [3.63, 3.8) is 0 Å². The fourth-order valence-electron chi connectivity index (χ4n) is 3.77. The molecule has 2 saturated heterocycles. The second kappa shape index (κ2) is 6.49. The molecule has 3 unspecified atom stereocenters. The molecule has 0 radical (unpaired) electrons. The van der Waals surface area contributed by atoms with Crippen molar-refractivity contribution in [3.8, 4) is 0 Å². The second-order valence-electron chi connectivity index (χ2n) is 7.10. The lowest BCUT2D eigenvalue weighted by Gasteiger charge is -2.42. The summed E-state index contributed by atoms with van der Waals surface area (Å²) >= 11 is 1.64. The van der Waals surface area contributed by atoms with E-state index in [2.05, 4.69) is 4.98 Å². The van der Waals surface area contributed by atoms with Crippen LogP contribution in [0.4, 0.5) is 0 Å². The van der Waals surface area contributed by atoms with Gasteiger partial charge in [0.05, 0.1) is 17.2 Å². The van der Waals surface area contributed by atoms with Crippen molar-refractivity contribution in [2.24, 2.45) is 5.73 Å². The topological polar surface area (TPSA) is 68.5 Å². The average Bonchev–Trinajstić information content (AvgIpc) is 3.31. The lowest BCUT2D eigenvalue weighted by molar-refractivity contribution is -0.0506. The van der Waals surface area contributed by atoms with Crippen molar-refractivity contribution in [3.05, 3.63) is 16.1 Å². The normalized spacial score (nSPS) is 32.0. The minimum Gasteiger partial charge on any atom is -0.376 e. The number of likely N-dealkylation sites (tertiary alicyclic amines) is 1. The number of carbonyl (C=O) groups excluding carboxylic acids is 1. The molecule has 4 rings (SSSR count). The first-order valence-corrected chi connectivity index (χ1v) is 9.74. The third-order valence-electron chi connectivity index (χ3n) is 5.26. The molecule has 3 aliphatic rings. The maximum absolute atomic E-state index is 13.0. The summed E-state index contributed by atoms with van der Waals surface area (Å²) in [5, 5.41) is 3.08. The van der Waals surface area contributed by atoms with Crippen LogP contribution in [0.1, 0.15) is 66.4 Å². The fraction of sp³-hybridized carbons (Fsp3) is 0.765. The number of amides is 1. The Bertz CT molecular complexity index is 572. The Balaban J connectivity index is 1.50. The van der Waals surface area contributed by atoms with Crippen LogP contribution in [-0.2, 0) is 4.74 Å². The summed E-state index contributed by atoms with van der Waals surface area (Å²) in [6, 6.07) is 0.363. The molecular formula is C17H25N3O2S. The Morgan fingerprint density at radius 1 is 1.30 bits per heavy atom. The summed E-state index contributed by atoms with van der Waals surface area (Å²) < 4.78 is 5.97. The van der Waals surface area contributed by atoms with Crippen molar-refractivity contribution in [2.75, 3.05) is 13.2 Å². The zero-order chi connectivity index (χ0) is 15.8. The first kappa shape index (κ1) is 15.5. The average molecular weight is 335 g/mol. The van der Waals surface area contributed by atoms with Gasteiger partial charge in [-0.2, -0.15) is 0 Å². The van der Waals surface area contributed by atoms with Crippen LogP contribution in [0.2, 0.25) is 0 Å². The smallest absolute Gasteiger partial charge is 0.273 e. The van der Waals surface area contributed by atoms with Crippen LogP contribution in [-0.4, -0.2) is 47.1 Å². The summed E-state index contributed by atoms with van der Waals surface area (Å²) in [7, 11) is 0. The molecule has 2 N–H and O–H groups in total. The summed E-state index contributed by atoms with van der Waals surface area (Å²) in [6.45, 7) is 1.53. The van der Waals surface area contributed by atoms with Gasteiger partial charge in [-0.25, -0.2) is 4.98 Å². The Kier molecular flexibility index (Phi) is 4.39. The van der Waals surface area contributed by atoms with Gasteiger partial charge in [-0.1, -0.05) is 0 Å². The zero-order valence-corrected chi connectivity index (χ0v) is 14.3. The molecule has 3 atom stereocenters. The predicted molar refractivity (Wildman–Crippen MR) is 89.7 cm³/mol.